The smallest absolute Gasteiger partial charge is 0.221 e. The Morgan fingerprint density at radius 1 is 1.53 bits per heavy atom. The molecule has 0 aromatic carbocycles. The molecule has 2 N–H and O–H groups in total. The van der Waals surface area contributed by atoms with Crippen LogP contribution in [0.1, 0.15) is 26.2 Å². The number of nitrogens with one attached hydrogen (secondary N) is 1. The van der Waals surface area contributed by atoms with Gasteiger partial charge in [0, 0.05) is 32.1 Å². The minimum Gasteiger partial charge on any atom is -0.394 e. The van der Waals surface area contributed by atoms with Crippen molar-refractivity contribution in [3.05, 3.63) is 0 Å². The van der Waals surface area contributed by atoms with Crippen LogP contribution in [0.25, 0.3) is 0 Å². The zero-order valence-electron chi connectivity index (χ0n) is 10.4. The molecular weight excluding hydrogens is 220 g/mol. The van der Waals surface area contributed by atoms with Crippen LogP contribution in [-0.4, -0.2) is 60.4 Å². The molecule has 3 atom stereocenters. The minimum atomic E-state index is -0.106. The van der Waals surface area contributed by atoms with Crippen LogP contribution < -0.4 is 5.32 Å². The summed E-state index contributed by atoms with van der Waals surface area (Å²) < 4.78 is 5.62. The lowest BCUT2D eigenvalue weighted by Crippen LogP contribution is -2.52. The summed E-state index contributed by atoms with van der Waals surface area (Å²) in [6.07, 6.45) is 2.68. The Bertz CT molecular complexity index is 272. The maximum atomic E-state index is 11.6. The molecule has 0 aromatic rings. The Kier molecular flexibility index (Phi) is 4.36. The average Bonchev–Trinajstić information content (AvgIpc) is 2.53. The van der Waals surface area contributed by atoms with Crippen molar-refractivity contribution < 1.29 is 14.6 Å². The summed E-state index contributed by atoms with van der Waals surface area (Å²) in [6, 6.07) is 0.304. The third-order valence-electron chi connectivity index (χ3n) is 3.53. The van der Waals surface area contributed by atoms with E-state index in [1.54, 1.807) is 0 Å². The first-order valence-electron chi connectivity index (χ1n) is 6.46. The van der Waals surface area contributed by atoms with E-state index < -0.39 is 0 Å². The highest BCUT2D eigenvalue weighted by atomic mass is 16.5. The first-order chi connectivity index (χ1) is 8.19. The Hall–Kier alpha value is -0.650. The number of nitrogens with zero attached hydrogens (tertiary/aromatic N) is 1. The van der Waals surface area contributed by atoms with E-state index in [9.17, 15) is 9.90 Å². The van der Waals surface area contributed by atoms with Crippen molar-refractivity contribution in [2.45, 2.75) is 44.4 Å². The fraction of sp³-hybridized carbons (Fsp3) is 0.917. The third kappa shape index (κ3) is 3.40. The minimum absolute atomic E-state index is 0.0553. The molecule has 5 nitrogen and oxygen atoms in total. The summed E-state index contributed by atoms with van der Waals surface area (Å²) in [5.74, 6) is 0.146. The second-order valence-electron chi connectivity index (χ2n) is 5.06. The molecule has 0 aliphatic carbocycles. The lowest BCUT2D eigenvalue weighted by molar-refractivity contribution is -0.125. The van der Waals surface area contributed by atoms with E-state index in [0.717, 1.165) is 32.5 Å². The van der Waals surface area contributed by atoms with Crippen LogP contribution in [0.2, 0.25) is 0 Å². The van der Waals surface area contributed by atoms with Crippen molar-refractivity contribution in [3.63, 3.8) is 0 Å². The van der Waals surface area contributed by atoms with E-state index in [1.807, 2.05) is 6.92 Å². The van der Waals surface area contributed by atoms with Crippen LogP contribution in [0.4, 0.5) is 0 Å². The predicted molar refractivity (Wildman–Crippen MR) is 63.6 cm³/mol. The molecule has 0 radical (unpaired) electrons. The van der Waals surface area contributed by atoms with Gasteiger partial charge >= 0.3 is 0 Å². The maximum absolute atomic E-state index is 11.6. The molecule has 5 heteroatoms. The van der Waals surface area contributed by atoms with E-state index in [1.165, 1.54) is 0 Å². The molecule has 2 fully saturated rings. The molecule has 17 heavy (non-hydrogen) atoms. The predicted octanol–water partition coefficient (Wildman–Crippen LogP) is -0.263. The molecule has 2 aliphatic heterocycles. The quantitative estimate of drug-likeness (QED) is 0.700. The van der Waals surface area contributed by atoms with Gasteiger partial charge in [0.1, 0.15) is 0 Å². The van der Waals surface area contributed by atoms with Crippen LogP contribution >= 0.6 is 0 Å². The van der Waals surface area contributed by atoms with Crippen LogP contribution in [0.3, 0.4) is 0 Å². The Balaban J connectivity index is 1.97. The van der Waals surface area contributed by atoms with Gasteiger partial charge in [-0.2, -0.15) is 0 Å². The second-order valence-corrected chi connectivity index (χ2v) is 5.06. The van der Waals surface area contributed by atoms with E-state index in [0.29, 0.717) is 12.5 Å². The number of carbonyl (C=O) groups excluding carboxylic acids is 1. The molecule has 0 bridgehead atoms. The van der Waals surface area contributed by atoms with Gasteiger partial charge in [-0.3, -0.25) is 9.69 Å². The van der Waals surface area contributed by atoms with E-state index in [4.69, 9.17) is 4.74 Å². The normalized spacial score (nSPS) is 36.4. The summed E-state index contributed by atoms with van der Waals surface area (Å²) in [4.78, 5) is 13.9. The van der Waals surface area contributed by atoms with Gasteiger partial charge in [-0.25, -0.2) is 0 Å². The molecule has 2 saturated heterocycles. The van der Waals surface area contributed by atoms with Gasteiger partial charge in [0.15, 0.2) is 0 Å². The molecule has 1 amide bonds. The standard InChI is InChI=1S/C12H22N2O3/c1-9-6-14(7-11(8-15)17-9)10-3-2-4-13-12(16)5-10/h9-11,15H,2-8H2,1H3,(H,13,16). The highest BCUT2D eigenvalue weighted by molar-refractivity contribution is 5.76. The molecule has 0 aromatic heterocycles. The molecule has 98 valence electrons. The van der Waals surface area contributed by atoms with Gasteiger partial charge in [-0.1, -0.05) is 0 Å². The monoisotopic (exact) mass is 242 g/mol. The van der Waals surface area contributed by atoms with Gasteiger partial charge in [-0.15, -0.1) is 0 Å². The molecule has 0 spiro atoms. The van der Waals surface area contributed by atoms with Gasteiger partial charge in [0.05, 0.1) is 18.8 Å². The van der Waals surface area contributed by atoms with Crippen LogP contribution in [-0.2, 0) is 9.53 Å². The topological polar surface area (TPSA) is 61.8 Å². The number of rotatable bonds is 2. The zero-order chi connectivity index (χ0) is 12.3. The zero-order valence-corrected chi connectivity index (χ0v) is 10.4. The number of ether oxygens (including phenoxy) is 1. The Labute approximate surface area is 102 Å². The van der Waals surface area contributed by atoms with Crippen molar-refractivity contribution in [1.29, 1.82) is 0 Å². The number of aliphatic hydroxyl groups is 1. The number of carbonyl (C=O) groups is 1. The Morgan fingerprint density at radius 2 is 2.35 bits per heavy atom. The maximum Gasteiger partial charge on any atom is 0.221 e. The summed E-state index contributed by atoms with van der Waals surface area (Å²) >= 11 is 0. The molecule has 2 rings (SSSR count). The number of amides is 1. The van der Waals surface area contributed by atoms with Crippen molar-refractivity contribution >= 4 is 5.91 Å². The van der Waals surface area contributed by atoms with E-state index in [2.05, 4.69) is 10.2 Å². The number of hydrogen-bond acceptors (Lipinski definition) is 4. The van der Waals surface area contributed by atoms with Crippen LogP contribution in [0.15, 0.2) is 0 Å². The second kappa shape index (κ2) is 5.80. The molecule has 2 aliphatic rings. The number of hydrogen-bond donors (Lipinski definition) is 2. The van der Waals surface area contributed by atoms with Crippen molar-refractivity contribution in [3.8, 4) is 0 Å². The summed E-state index contributed by atoms with van der Waals surface area (Å²) in [5, 5.41) is 12.1. The first kappa shape index (κ1) is 12.8. The van der Waals surface area contributed by atoms with Crippen molar-refractivity contribution in [1.82, 2.24) is 10.2 Å². The highest BCUT2D eigenvalue weighted by Gasteiger charge is 2.31. The molecule has 3 unspecified atom stereocenters. The largest absolute Gasteiger partial charge is 0.394 e. The van der Waals surface area contributed by atoms with Crippen molar-refractivity contribution in [2.24, 2.45) is 0 Å². The fourth-order valence-corrected chi connectivity index (χ4v) is 2.75. The highest BCUT2D eigenvalue weighted by Crippen LogP contribution is 2.19. The van der Waals surface area contributed by atoms with Gasteiger partial charge < -0.3 is 15.2 Å². The fourth-order valence-electron chi connectivity index (χ4n) is 2.75. The van der Waals surface area contributed by atoms with Gasteiger partial charge in [0.25, 0.3) is 0 Å². The molecule has 0 saturated carbocycles. The summed E-state index contributed by atoms with van der Waals surface area (Å²) in [5.41, 5.74) is 0. The van der Waals surface area contributed by atoms with Crippen molar-refractivity contribution in [2.75, 3.05) is 26.2 Å². The lowest BCUT2D eigenvalue weighted by Gasteiger charge is -2.40. The van der Waals surface area contributed by atoms with E-state index in [-0.39, 0.29) is 24.7 Å². The van der Waals surface area contributed by atoms with Crippen LogP contribution in [0.5, 0.6) is 0 Å². The average molecular weight is 242 g/mol. The van der Waals surface area contributed by atoms with E-state index >= 15 is 0 Å². The third-order valence-corrected chi connectivity index (χ3v) is 3.53. The number of aliphatic hydroxyl groups excluding tert-OH is 1. The Morgan fingerprint density at radius 3 is 3.12 bits per heavy atom. The molecular formula is C12H22N2O3. The molecule has 2 heterocycles. The van der Waals surface area contributed by atoms with Gasteiger partial charge in [0.2, 0.25) is 5.91 Å². The SMILES string of the molecule is CC1CN(C2CCCNC(=O)C2)CC(CO)O1. The number of morpholine rings is 1. The summed E-state index contributed by atoms with van der Waals surface area (Å²) in [6.45, 7) is 4.46. The summed E-state index contributed by atoms with van der Waals surface area (Å²) in [7, 11) is 0. The van der Waals surface area contributed by atoms with Gasteiger partial charge in [-0.05, 0) is 19.8 Å². The first-order valence-corrected chi connectivity index (χ1v) is 6.46. The lowest BCUT2D eigenvalue weighted by atomic mass is 10.0. The van der Waals surface area contributed by atoms with Crippen LogP contribution in [0, 0.1) is 0 Å².